The highest BCUT2D eigenvalue weighted by atomic mass is 16.2. The predicted molar refractivity (Wildman–Crippen MR) is 75.9 cm³/mol. The van der Waals surface area contributed by atoms with Gasteiger partial charge in [0.1, 0.15) is 0 Å². The number of nitrogens with one attached hydrogen (secondary N) is 2. The van der Waals surface area contributed by atoms with Gasteiger partial charge in [-0.3, -0.25) is 9.59 Å². The number of hydrogen-bond donors (Lipinski definition) is 3. The molecule has 1 aromatic carbocycles. The molecule has 1 rings (SSSR count). The molecule has 5 nitrogen and oxygen atoms in total. The normalized spacial score (nSPS) is 11.7. The van der Waals surface area contributed by atoms with Crippen LogP contribution in [-0.2, 0) is 4.79 Å². The summed E-state index contributed by atoms with van der Waals surface area (Å²) in [5, 5.41) is 5.48. The lowest BCUT2D eigenvalue weighted by Crippen LogP contribution is -2.30. The average molecular weight is 263 g/mol. The number of rotatable bonds is 6. The summed E-state index contributed by atoms with van der Waals surface area (Å²) >= 11 is 0. The number of anilines is 1. The topological polar surface area (TPSA) is 84.2 Å². The number of nitrogens with two attached hydrogens (primary N) is 1. The van der Waals surface area contributed by atoms with Crippen LogP contribution in [0.15, 0.2) is 24.3 Å². The number of carbonyl (C=O) groups excluding carboxylic acids is 2. The third-order valence-corrected chi connectivity index (χ3v) is 2.92. The van der Waals surface area contributed by atoms with E-state index in [1.807, 2.05) is 13.8 Å². The van der Waals surface area contributed by atoms with Crippen molar-refractivity contribution in [1.82, 2.24) is 5.32 Å². The molecule has 4 N–H and O–H groups in total. The van der Waals surface area contributed by atoms with Gasteiger partial charge in [0.25, 0.3) is 5.91 Å². The molecule has 2 amide bonds. The Bertz CT molecular complexity index is 446. The highest BCUT2D eigenvalue weighted by Crippen LogP contribution is 2.16. The monoisotopic (exact) mass is 263 g/mol. The van der Waals surface area contributed by atoms with E-state index in [4.69, 9.17) is 5.73 Å². The number of para-hydroxylation sites is 1. The molecule has 0 saturated heterocycles. The molecule has 5 heteroatoms. The van der Waals surface area contributed by atoms with Gasteiger partial charge in [0.05, 0.1) is 11.3 Å². The van der Waals surface area contributed by atoms with Gasteiger partial charge in [0, 0.05) is 19.0 Å². The van der Waals surface area contributed by atoms with E-state index in [1.165, 1.54) is 0 Å². The van der Waals surface area contributed by atoms with Crippen LogP contribution in [-0.4, -0.2) is 24.9 Å². The molecule has 0 saturated carbocycles. The fourth-order valence-corrected chi connectivity index (χ4v) is 1.51. The summed E-state index contributed by atoms with van der Waals surface area (Å²) in [4.78, 5) is 23.8. The lowest BCUT2D eigenvalue weighted by molar-refractivity contribution is -0.119. The summed E-state index contributed by atoms with van der Waals surface area (Å²) in [7, 11) is 0. The van der Waals surface area contributed by atoms with Crippen molar-refractivity contribution in [3.63, 3.8) is 0 Å². The first-order chi connectivity index (χ1) is 9.10. The molecule has 0 heterocycles. The molecule has 104 valence electrons. The summed E-state index contributed by atoms with van der Waals surface area (Å²) in [6, 6.07) is 6.94. The molecular weight excluding hydrogens is 242 g/mol. The highest BCUT2D eigenvalue weighted by molar-refractivity contribution is 6.04. The number of benzene rings is 1. The molecule has 0 fully saturated rings. The van der Waals surface area contributed by atoms with Gasteiger partial charge in [-0.05, 0) is 18.6 Å². The standard InChI is InChI=1S/C14H21N3O2/c1-3-10(2)13(18)17-12-7-5-4-6-11(12)14(19)16-9-8-15/h4-7,10H,3,8-9,15H2,1-2H3,(H,16,19)(H,17,18). The van der Waals surface area contributed by atoms with Crippen LogP contribution in [0.25, 0.3) is 0 Å². The maximum atomic E-state index is 11.9. The minimum absolute atomic E-state index is 0.0819. The molecule has 0 aliphatic heterocycles. The Morgan fingerprint density at radius 2 is 2.00 bits per heavy atom. The van der Waals surface area contributed by atoms with Gasteiger partial charge in [-0.2, -0.15) is 0 Å². The molecule has 0 aliphatic rings. The smallest absolute Gasteiger partial charge is 0.253 e. The average Bonchev–Trinajstić information content (AvgIpc) is 2.44. The maximum absolute atomic E-state index is 11.9. The third kappa shape index (κ3) is 4.37. The van der Waals surface area contributed by atoms with Gasteiger partial charge in [-0.25, -0.2) is 0 Å². The third-order valence-electron chi connectivity index (χ3n) is 2.92. The summed E-state index contributed by atoms with van der Waals surface area (Å²) in [5.74, 6) is -0.396. The van der Waals surface area contributed by atoms with Crippen LogP contribution in [0.5, 0.6) is 0 Å². The molecule has 0 aliphatic carbocycles. The fraction of sp³-hybridized carbons (Fsp3) is 0.429. The van der Waals surface area contributed by atoms with Crippen LogP contribution in [0.2, 0.25) is 0 Å². The Morgan fingerprint density at radius 3 is 2.63 bits per heavy atom. The van der Waals surface area contributed by atoms with Crippen molar-refractivity contribution in [2.24, 2.45) is 11.7 Å². The predicted octanol–water partition coefficient (Wildman–Crippen LogP) is 1.36. The zero-order valence-electron chi connectivity index (χ0n) is 11.4. The van der Waals surface area contributed by atoms with Gasteiger partial charge >= 0.3 is 0 Å². The van der Waals surface area contributed by atoms with E-state index in [0.29, 0.717) is 24.3 Å². The first-order valence-corrected chi connectivity index (χ1v) is 6.48. The summed E-state index contributed by atoms with van der Waals surface area (Å²) in [6.45, 7) is 4.59. The minimum Gasteiger partial charge on any atom is -0.351 e. The van der Waals surface area contributed by atoms with Crippen molar-refractivity contribution in [3.05, 3.63) is 29.8 Å². The van der Waals surface area contributed by atoms with Crippen molar-refractivity contribution in [2.45, 2.75) is 20.3 Å². The quantitative estimate of drug-likeness (QED) is 0.724. The molecule has 0 aromatic heterocycles. The van der Waals surface area contributed by atoms with Crippen LogP contribution < -0.4 is 16.4 Å². The highest BCUT2D eigenvalue weighted by Gasteiger charge is 2.15. The van der Waals surface area contributed by atoms with E-state index in [2.05, 4.69) is 10.6 Å². The summed E-state index contributed by atoms with van der Waals surface area (Å²) in [6.07, 6.45) is 0.757. The van der Waals surface area contributed by atoms with E-state index in [9.17, 15) is 9.59 Å². The molecule has 0 radical (unpaired) electrons. The van der Waals surface area contributed by atoms with Crippen molar-refractivity contribution in [2.75, 3.05) is 18.4 Å². The minimum atomic E-state index is -0.231. The second-order valence-corrected chi connectivity index (χ2v) is 4.39. The van der Waals surface area contributed by atoms with E-state index >= 15 is 0 Å². The number of hydrogen-bond acceptors (Lipinski definition) is 3. The summed E-state index contributed by atoms with van der Waals surface area (Å²) < 4.78 is 0. The van der Waals surface area contributed by atoms with Crippen molar-refractivity contribution >= 4 is 17.5 Å². The molecule has 0 spiro atoms. The Kier molecular flexibility index (Phi) is 6.02. The van der Waals surface area contributed by atoms with Crippen LogP contribution in [0, 0.1) is 5.92 Å². The fourth-order valence-electron chi connectivity index (χ4n) is 1.51. The van der Waals surface area contributed by atoms with Gasteiger partial charge < -0.3 is 16.4 Å². The van der Waals surface area contributed by atoms with Crippen LogP contribution >= 0.6 is 0 Å². The van der Waals surface area contributed by atoms with E-state index in [-0.39, 0.29) is 17.7 Å². The van der Waals surface area contributed by atoms with Gasteiger partial charge in [-0.15, -0.1) is 0 Å². The number of carbonyl (C=O) groups is 2. The lowest BCUT2D eigenvalue weighted by atomic mass is 10.1. The molecule has 1 atom stereocenters. The molecular formula is C14H21N3O2. The summed E-state index contributed by atoms with van der Waals surface area (Å²) in [5.41, 5.74) is 6.33. The maximum Gasteiger partial charge on any atom is 0.253 e. The first-order valence-electron chi connectivity index (χ1n) is 6.48. The van der Waals surface area contributed by atoms with Gasteiger partial charge in [0.15, 0.2) is 0 Å². The van der Waals surface area contributed by atoms with Crippen LogP contribution in [0.3, 0.4) is 0 Å². The zero-order chi connectivity index (χ0) is 14.3. The lowest BCUT2D eigenvalue weighted by Gasteiger charge is -2.13. The largest absolute Gasteiger partial charge is 0.351 e. The Hall–Kier alpha value is -1.88. The van der Waals surface area contributed by atoms with Crippen LogP contribution in [0.1, 0.15) is 30.6 Å². The second-order valence-electron chi connectivity index (χ2n) is 4.39. The Balaban J connectivity index is 2.84. The molecule has 1 aromatic rings. The SMILES string of the molecule is CCC(C)C(=O)Nc1ccccc1C(=O)NCCN. The Morgan fingerprint density at radius 1 is 1.32 bits per heavy atom. The molecule has 1 unspecified atom stereocenters. The van der Waals surface area contributed by atoms with Crippen molar-refractivity contribution < 1.29 is 9.59 Å². The number of amides is 2. The van der Waals surface area contributed by atoms with E-state index < -0.39 is 0 Å². The van der Waals surface area contributed by atoms with Crippen molar-refractivity contribution in [1.29, 1.82) is 0 Å². The zero-order valence-corrected chi connectivity index (χ0v) is 11.4. The second kappa shape index (κ2) is 7.53. The van der Waals surface area contributed by atoms with E-state index in [1.54, 1.807) is 24.3 Å². The van der Waals surface area contributed by atoms with Gasteiger partial charge in [0.2, 0.25) is 5.91 Å². The Labute approximate surface area is 113 Å². The van der Waals surface area contributed by atoms with Gasteiger partial charge in [-0.1, -0.05) is 26.0 Å². The van der Waals surface area contributed by atoms with Crippen molar-refractivity contribution in [3.8, 4) is 0 Å². The first kappa shape index (κ1) is 15.2. The van der Waals surface area contributed by atoms with Crippen LogP contribution in [0.4, 0.5) is 5.69 Å². The molecule has 19 heavy (non-hydrogen) atoms. The van der Waals surface area contributed by atoms with E-state index in [0.717, 1.165) is 6.42 Å². The molecule has 0 bridgehead atoms.